The van der Waals surface area contributed by atoms with Crippen LogP contribution in [0.5, 0.6) is 5.75 Å². The monoisotopic (exact) mass is 251 g/mol. The van der Waals surface area contributed by atoms with Gasteiger partial charge in [-0.1, -0.05) is 0 Å². The minimum absolute atomic E-state index is 0.100. The molecular formula is C12H17N3O3. The van der Waals surface area contributed by atoms with Crippen LogP contribution < -0.4 is 15.0 Å². The molecule has 0 aliphatic carbocycles. The number of anilines is 1. The van der Waals surface area contributed by atoms with Crippen LogP contribution in [0.4, 0.5) is 11.4 Å². The molecule has 1 unspecified atom stereocenters. The Balaban J connectivity index is 2.39. The average molecular weight is 251 g/mol. The van der Waals surface area contributed by atoms with Crippen LogP contribution in [0.1, 0.15) is 6.92 Å². The first kappa shape index (κ1) is 12.6. The van der Waals surface area contributed by atoms with Crippen molar-refractivity contribution < 1.29 is 9.66 Å². The van der Waals surface area contributed by atoms with Crippen LogP contribution in [0.2, 0.25) is 0 Å². The molecule has 1 saturated heterocycles. The average Bonchev–Trinajstić information content (AvgIpc) is 2.38. The van der Waals surface area contributed by atoms with Crippen LogP contribution in [0, 0.1) is 10.1 Å². The zero-order valence-corrected chi connectivity index (χ0v) is 10.5. The van der Waals surface area contributed by atoms with Gasteiger partial charge in [-0.05, 0) is 19.1 Å². The summed E-state index contributed by atoms with van der Waals surface area (Å²) in [7, 11) is 1.51. The summed E-state index contributed by atoms with van der Waals surface area (Å²) in [6.45, 7) is 4.51. The van der Waals surface area contributed by atoms with E-state index in [0.29, 0.717) is 11.4 Å². The third-order valence-corrected chi connectivity index (χ3v) is 3.19. The molecule has 1 N–H and O–H groups in total. The standard InChI is InChI=1S/C12H17N3O3/c1-9-8-13-5-6-14(9)11-4-3-10(18-2)7-12(11)15(16)17/h3-4,7,9,13H,5-6,8H2,1-2H3. The van der Waals surface area contributed by atoms with Crippen LogP contribution in [0.15, 0.2) is 18.2 Å². The number of benzene rings is 1. The summed E-state index contributed by atoms with van der Waals surface area (Å²) in [6, 6.07) is 5.24. The Bertz CT molecular complexity index is 450. The van der Waals surface area contributed by atoms with Gasteiger partial charge in [0.2, 0.25) is 0 Å². The summed E-state index contributed by atoms with van der Waals surface area (Å²) in [6.07, 6.45) is 0. The first-order chi connectivity index (χ1) is 8.63. The van der Waals surface area contributed by atoms with Crippen molar-refractivity contribution in [2.24, 2.45) is 0 Å². The maximum Gasteiger partial charge on any atom is 0.296 e. The SMILES string of the molecule is COc1ccc(N2CCNCC2C)c([N+](=O)[O-])c1. The zero-order chi connectivity index (χ0) is 13.1. The van der Waals surface area contributed by atoms with Crippen molar-refractivity contribution in [3.05, 3.63) is 28.3 Å². The molecule has 1 heterocycles. The molecule has 1 aliphatic rings. The topological polar surface area (TPSA) is 67.6 Å². The molecule has 6 nitrogen and oxygen atoms in total. The summed E-state index contributed by atoms with van der Waals surface area (Å²) in [5, 5.41) is 14.4. The van der Waals surface area contributed by atoms with Gasteiger partial charge in [0, 0.05) is 25.7 Å². The Morgan fingerprint density at radius 2 is 2.33 bits per heavy atom. The maximum absolute atomic E-state index is 11.1. The second-order valence-corrected chi connectivity index (χ2v) is 4.36. The van der Waals surface area contributed by atoms with Gasteiger partial charge in [0.05, 0.1) is 18.1 Å². The molecule has 0 amide bonds. The minimum atomic E-state index is -0.355. The molecule has 0 bridgehead atoms. The summed E-state index contributed by atoms with van der Waals surface area (Å²) in [5.74, 6) is 0.508. The van der Waals surface area contributed by atoms with Crippen LogP contribution in [-0.2, 0) is 0 Å². The number of nitrogens with zero attached hydrogens (tertiary/aromatic N) is 2. The van der Waals surface area contributed by atoms with Crippen LogP contribution in [-0.4, -0.2) is 37.7 Å². The van der Waals surface area contributed by atoms with Gasteiger partial charge in [-0.15, -0.1) is 0 Å². The molecule has 1 aliphatic heterocycles. The highest BCUT2D eigenvalue weighted by atomic mass is 16.6. The lowest BCUT2D eigenvalue weighted by molar-refractivity contribution is -0.384. The van der Waals surface area contributed by atoms with E-state index in [1.807, 2.05) is 0 Å². The Hall–Kier alpha value is -1.82. The van der Waals surface area contributed by atoms with Crippen molar-refractivity contribution >= 4 is 11.4 Å². The number of nitro groups is 1. The maximum atomic E-state index is 11.1. The Kier molecular flexibility index (Phi) is 3.66. The Morgan fingerprint density at radius 3 is 2.94 bits per heavy atom. The Morgan fingerprint density at radius 1 is 1.56 bits per heavy atom. The highest BCUT2D eigenvalue weighted by Crippen LogP contribution is 2.33. The lowest BCUT2D eigenvalue weighted by atomic mass is 10.1. The lowest BCUT2D eigenvalue weighted by Crippen LogP contribution is -2.50. The summed E-state index contributed by atoms with van der Waals surface area (Å²) >= 11 is 0. The molecule has 6 heteroatoms. The van der Waals surface area contributed by atoms with E-state index in [1.165, 1.54) is 13.2 Å². The van der Waals surface area contributed by atoms with E-state index in [-0.39, 0.29) is 16.7 Å². The molecule has 1 fully saturated rings. The van der Waals surface area contributed by atoms with Crippen LogP contribution in [0.25, 0.3) is 0 Å². The fourth-order valence-corrected chi connectivity index (χ4v) is 2.22. The smallest absolute Gasteiger partial charge is 0.296 e. The molecule has 0 saturated carbocycles. The number of nitro benzene ring substituents is 1. The summed E-state index contributed by atoms with van der Waals surface area (Å²) < 4.78 is 5.04. The molecule has 0 spiro atoms. The highest BCUT2D eigenvalue weighted by Gasteiger charge is 2.25. The largest absolute Gasteiger partial charge is 0.496 e. The van der Waals surface area contributed by atoms with Crippen LogP contribution in [0.3, 0.4) is 0 Å². The van der Waals surface area contributed by atoms with Crippen molar-refractivity contribution in [2.45, 2.75) is 13.0 Å². The van der Waals surface area contributed by atoms with Gasteiger partial charge in [-0.2, -0.15) is 0 Å². The number of rotatable bonds is 3. The van der Waals surface area contributed by atoms with E-state index >= 15 is 0 Å². The third kappa shape index (κ3) is 2.38. The number of hydrogen-bond acceptors (Lipinski definition) is 5. The second-order valence-electron chi connectivity index (χ2n) is 4.36. The summed E-state index contributed by atoms with van der Waals surface area (Å²) in [5.41, 5.74) is 0.762. The predicted octanol–water partition coefficient (Wildman–Crippen LogP) is 1.40. The van der Waals surface area contributed by atoms with Crippen LogP contribution >= 0.6 is 0 Å². The highest BCUT2D eigenvalue weighted by molar-refractivity contribution is 5.66. The van der Waals surface area contributed by atoms with Gasteiger partial charge in [0.15, 0.2) is 0 Å². The molecule has 0 radical (unpaired) electrons. The lowest BCUT2D eigenvalue weighted by Gasteiger charge is -2.35. The number of ether oxygens (including phenoxy) is 1. The van der Waals surface area contributed by atoms with E-state index in [9.17, 15) is 10.1 Å². The molecule has 1 aromatic carbocycles. The zero-order valence-electron chi connectivity index (χ0n) is 10.5. The van der Waals surface area contributed by atoms with Gasteiger partial charge in [-0.25, -0.2) is 0 Å². The fraction of sp³-hybridized carbons (Fsp3) is 0.500. The molecule has 18 heavy (non-hydrogen) atoms. The number of nitrogens with one attached hydrogen (secondary N) is 1. The van der Waals surface area contributed by atoms with E-state index < -0.39 is 0 Å². The third-order valence-electron chi connectivity index (χ3n) is 3.19. The Labute approximate surface area is 106 Å². The number of piperazine rings is 1. The predicted molar refractivity (Wildman–Crippen MR) is 69.3 cm³/mol. The van der Waals surface area contributed by atoms with Crippen molar-refractivity contribution in [3.63, 3.8) is 0 Å². The van der Waals surface area contributed by atoms with Gasteiger partial charge in [0.25, 0.3) is 5.69 Å². The van der Waals surface area contributed by atoms with Gasteiger partial charge >= 0.3 is 0 Å². The fourth-order valence-electron chi connectivity index (χ4n) is 2.22. The van der Waals surface area contributed by atoms with E-state index in [4.69, 9.17) is 4.74 Å². The van der Waals surface area contributed by atoms with Crippen molar-refractivity contribution in [1.82, 2.24) is 5.32 Å². The minimum Gasteiger partial charge on any atom is -0.496 e. The molecule has 1 atom stereocenters. The van der Waals surface area contributed by atoms with Crippen molar-refractivity contribution in [3.8, 4) is 5.75 Å². The van der Waals surface area contributed by atoms with E-state index in [0.717, 1.165) is 19.6 Å². The first-order valence-corrected chi connectivity index (χ1v) is 5.93. The van der Waals surface area contributed by atoms with Gasteiger partial charge < -0.3 is 15.0 Å². The molecule has 1 aromatic rings. The molecule has 0 aromatic heterocycles. The molecular weight excluding hydrogens is 234 g/mol. The molecule has 98 valence electrons. The number of methoxy groups -OCH3 is 1. The van der Waals surface area contributed by atoms with E-state index in [2.05, 4.69) is 17.1 Å². The van der Waals surface area contributed by atoms with Crippen molar-refractivity contribution in [2.75, 3.05) is 31.6 Å². The van der Waals surface area contributed by atoms with Gasteiger partial charge in [0.1, 0.15) is 11.4 Å². The van der Waals surface area contributed by atoms with Crippen molar-refractivity contribution in [1.29, 1.82) is 0 Å². The molecule has 2 rings (SSSR count). The second kappa shape index (κ2) is 5.22. The quantitative estimate of drug-likeness (QED) is 0.649. The first-order valence-electron chi connectivity index (χ1n) is 5.93. The normalized spacial score (nSPS) is 19.7. The number of hydrogen-bond donors (Lipinski definition) is 1. The van der Waals surface area contributed by atoms with E-state index in [1.54, 1.807) is 12.1 Å². The summed E-state index contributed by atoms with van der Waals surface area (Å²) in [4.78, 5) is 12.9. The van der Waals surface area contributed by atoms with Gasteiger partial charge in [-0.3, -0.25) is 10.1 Å².